The van der Waals surface area contributed by atoms with Crippen LogP contribution >= 0.6 is 0 Å². The number of anilines is 1. The van der Waals surface area contributed by atoms with Crippen LogP contribution in [0.3, 0.4) is 0 Å². The zero-order valence-electron chi connectivity index (χ0n) is 11.9. The van der Waals surface area contributed by atoms with Gasteiger partial charge in [0.2, 0.25) is 21.9 Å². The molecule has 1 aliphatic rings. The minimum absolute atomic E-state index is 0.0514. The number of ether oxygens (including phenoxy) is 1. The molecule has 1 aromatic rings. The Kier molecular flexibility index (Phi) is 4.74. The van der Waals surface area contributed by atoms with Gasteiger partial charge in [-0.05, 0) is 20.3 Å². The van der Waals surface area contributed by atoms with E-state index in [2.05, 4.69) is 9.97 Å². The third-order valence-electron chi connectivity index (χ3n) is 3.19. The number of halogens is 1. The van der Waals surface area contributed by atoms with Crippen LogP contribution in [0.5, 0.6) is 0 Å². The van der Waals surface area contributed by atoms with Crippen LogP contribution in [-0.2, 0) is 14.8 Å². The minimum atomic E-state index is -3.72. The highest BCUT2D eigenvalue weighted by Crippen LogP contribution is 2.22. The lowest BCUT2D eigenvalue weighted by molar-refractivity contribution is 0.00142. The maximum atomic E-state index is 13.2. The predicted octanol–water partition coefficient (Wildman–Crippen LogP) is 0.276. The van der Waals surface area contributed by atoms with Crippen molar-refractivity contribution in [2.24, 2.45) is 5.14 Å². The summed E-state index contributed by atoms with van der Waals surface area (Å²) < 4.78 is 42.2. The van der Waals surface area contributed by atoms with E-state index in [9.17, 15) is 12.8 Å². The molecular formula is C12H19FN4O3S. The summed E-state index contributed by atoms with van der Waals surface area (Å²) in [6.07, 6.45) is 1.22. The van der Waals surface area contributed by atoms with Crippen LogP contribution < -0.4 is 10.0 Å². The van der Waals surface area contributed by atoms with Gasteiger partial charge in [0.05, 0.1) is 17.5 Å². The van der Waals surface area contributed by atoms with E-state index in [1.807, 2.05) is 13.8 Å². The lowest BCUT2D eigenvalue weighted by Gasteiger charge is -2.37. The Morgan fingerprint density at radius 2 is 2.19 bits per heavy atom. The molecule has 2 N–H and O–H groups in total. The van der Waals surface area contributed by atoms with Crippen LogP contribution in [0.1, 0.15) is 20.3 Å². The molecule has 21 heavy (non-hydrogen) atoms. The third-order valence-corrected chi connectivity index (χ3v) is 4.47. The third kappa shape index (κ3) is 4.32. The first kappa shape index (κ1) is 16.1. The summed E-state index contributed by atoms with van der Waals surface area (Å²) in [5.41, 5.74) is 0. The molecule has 1 aromatic heterocycles. The predicted molar refractivity (Wildman–Crippen MR) is 75.7 cm³/mol. The van der Waals surface area contributed by atoms with Crippen molar-refractivity contribution in [3.8, 4) is 0 Å². The number of sulfonamides is 1. The molecule has 2 atom stereocenters. The van der Waals surface area contributed by atoms with E-state index in [0.717, 1.165) is 6.07 Å². The first-order valence-corrected chi connectivity index (χ1v) is 8.27. The van der Waals surface area contributed by atoms with Crippen LogP contribution in [0, 0.1) is 5.95 Å². The number of hydrogen-bond acceptors (Lipinski definition) is 6. The SMILES string of the molecule is CC(C)O[C@H]1C[C@H](S(N)(=O)=O)CN(c2nccc(F)n2)C1. The molecule has 1 aliphatic heterocycles. The van der Waals surface area contributed by atoms with Crippen LogP contribution in [-0.4, -0.2) is 48.9 Å². The molecule has 0 saturated carbocycles. The van der Waals surface area contributed by atoms with Crippen molar-refractivity contribution in [2.45, 2.75) is 37.7 Å². The highest BCUT2D eigenvalue weighted by molar-refractivity contribution is 7.89. The highest BCUT2D eigenvalue weighted by Gasteiger charge is 2.35. The Morgan fingerprint density at radius 3 is 2.76 bits per heavy atom. The largest absolute Gasteiger partial charge is 0.374 e. The Balaban J connectivity index is 2.24. The van der Waals surface area contributed by atoms with Gasteiger partial charge < -0.3 is 9.64 Å². The summed E-state index contributed by atoms with van der Waals surface area (Å²) in [6.45, 7) is 4.25. The number of primary sulfonamides is 1. The maximum absolute atomic E-state index is 13.2. The molecule has 118 valence electrons. The fourth-order valence-corrected chi connectivity index (χ4v) is 3.24. The molecule has 9 heteroatoms. The van der Waals surface area contributed by atoms with E-state index in [1.54, 1.807) is 4.90 Å². The Labute approximate surface area is 123 Å². The standard InChI is InChI=1S/C12H19FN4O3S/c1-8(2)20-9-5-10(21(14,18)19)7-17(6-9)12-15-4-3-11(13)16-12/h3-4,8-10H,5-7H2,1-2H3,(H2,14,18,19)/t9-,10-/m0/s1. The molecule has 7 nitrogen and oxygen atoms in total. The molecule has 0 bridgehead atoms. The van der Waals surface area contributed by atoms with Gasteiger partial charge in [0.15, 0.2) is 0 Å². The monoisotopic (exact) mass is 318 g/mol. The second kappa shape index (κ2) is 6.20. The zero-order valence-corrected chi connectivity index (χ0v) is 12.8. The van der Waals surface area contributed by atoms with Crippen molar-refractivity contribution in [1.82, 2.24) is 9.97 Å². The lowest BCUT2D eigenvalue weighted by Crippen LogP contribution is -2.52. The molecule has 2 heterocycles. The quantitative estimate of drug-likeness (QED) is 0.801. The molecule has 0 spiro atoms. The van der Waals surface area contributed by atoms with Crippen LogP contribution in [0.4, 0.5) is 10.3 Å². The number of rotatable bonds is 4. The summed E-state index contributed by atoms with van der Waals surface area (Å²) in [4.78, 5) is 9.25. The molecule has 0 amide bonds. The van der Waals surface area contributed by atoms with E-state index in [0.29, 0.717) is 13.0 Å². The topological polar surface area (TPSA) is 98.4 Å². The van der Waals surface area contributed by atoms with Crippen molar-refractivity contribution in [3.63, 3.8) is 0 Å². The molecule has 0 aliphatic carbocycles. The van der Waals surface area contributed by atoms with Gasteiger partial charge in [0.25, 0.3) is 0 Å². The van der Waals surface area contributed by atoms with E-state index in [4.69, 9.17) is 9.88 Å². The lowest BCUT2D eigenvalue weighted by atomic mass is 10.1. The summed E-state index contributed by atoms with van der Waals surface area (Å²) in [5, 5.41) is 4.46. The molecule has 0 aromatic carbocycles. The summed E-state index contributed by atoms with van der Waals surface area (Å²) in [7, 11) is -3.72. The summed E-state index contributed by atoms with van der Waals surface area (Å²) in [5.74, 6) is -0.528. The zero-order chi connectivity index (χ0) is 15.6. The van der Waals surface area contributed by atoms with Crippen molar-refractivity contribution in [2.75, 3.05) is 18.0 Å². The number of aromatic nitrogens is 2. The van der Waals surface area contributed by atoms with E-state index in [-0.39, 0.29) is 24.7 Å². The van der Waals surface area contributed by atoms with Crippen LogP contribution in [0.2, 0.25) is 0 Å². The smallest absolute Gasteiger partial charge is 0.228 e. The minimum Gasteiger partial charge on any atom is -0.374 e. The van der Waals surface area contributed by atoms with Gasteiger partial charge in [0.1, 0.15) is 0 Å². The Bertz CT molecular complexity index is 596. The van der Waals surface area contributed by atoms with Gasteiger partial charge in [-0.2, -0.15) is 9.37 Å². The van der Waals surface area contributed by atoms with Gasteiger partial charge in [-0.15, -0.1) is 0 Å². The first-order chi connectivity index (χ1) is 9.75. The molecular weight excluding hydrogens is 299 g/mol. The van der Waals surface area contributed by atoms with Crippen LogP contribution in [0.25, 0.3) is 0 Å². The average molecular weight is 318 g/mol. The van der Waals surface area contributed by atoms with Gasteiger partial charge in [0, 0.05) is 25.4 Å². The fraction of sp³-hybridized carbons (Fsp3) is 0.667. The molecule has 1 fully saturated rings. The summed E-state index contributed by atoms with van der Waals surface area (Å²) >= 11 is 0. The second-order valence-electron chi connectivity index (χ2n) is 5.34. The maximum Gasteiger partial charge on any atom is 0.228 e. The van der Waals surface area contributed by atoms with Gasteiger partial charge >= 0.3 is 0 Å². The first-order valence-electron chi connectivity index (χ1n) is 6.66. The van der Waals surface area contributed by atoms with Crippen molar-refractivity contribution < 1.29 is 17.5 Å². The molecule has 0 unspecified atom stereocenters. The molecule has 0 radical (unpaired) electrons. The normalized spacial score (nSPS) is 23.6. The van der Waals surface area contributed by atoms with Crippen molar-refractivity contribution in [3.05, 3.63) is 18.2 Å². The average Bonchev–Trinajstić information content (AvgIpc) is 2.36. The van der Waals surface area contributed by atoms with Crippen molar-refractivity contribution >= 4 is 16.0 Å². The number of nitrogens with two attached hydrogens (primary N) is 1. The fourth-order valence-electron chi connectivity index (χ4n) is 2.37. The van der Waals surface area contributed by atoms with E-state index >= 15 is 0 Å². The van der Waals surface area contributed by atoms with Crippen molar-refractivity contribution in [1.29, 1.82) is 0 Å². The highest BCUT2D eigenvalue weighted by atomic mass is 32.2. The van der Waals surface area contributed by atoms with Gasteiger partial charge in [-0.1, -0.05) is 0 Å². The Hall–Kier alpha value is -1.32. The van der Waals surface area contributed by atoms with E-state index < -0.39 is 21.2 Å². The number of piperidine rings is 1. The van der Waals surface area contributed by atoms with Crippen LogP contribution in [0.15, 0.2) is 12.3 Å². The summed E-state index contributed by atoms with van der Waals surface area (Å²) in [6, 6.07) is 1.13. The van der Waals surface area contributed by atoms with Gasteiger partial charge in [-0.3, -0.25) is 0 Å². The molecule has 2 rings (SSSR count). The Morgan fingerprint density at radius 1 is 1.48 bits per heavy atom. The van der Waals surface area contributed by atoms with Gasteiger partial charge in [-0.25, -0.2) is 18.5 Å². The number of hydrogen-bond donors (Lipinski definition) is 1. The molecule has 1 saturated heterocycles. The number of nitrogens with zero attached hydrogens (tertiary/aromatic N) is 3. The van der Waals surface area contributed by atoms with E-state index in [1.165, 1.54) is 6.20 Å². The second-order valence-corrected chi connectivity index (χ2v) is 7.18.